The lowest BCUT2D eigenvalue weighted by Gasteiger charge is -2.47. The van der Waals surface area contributed by atoms with E-state index in [4.69, 9.17) is 28.4 Å². The van der Waals surface area contributed by atoms with Crippen LogP contribution in [0.4, 0.5) is 0 Å². The van der Waals surface area contributed by atoms with Crippen LogP contribution in [0, 0.1) is 0 Å². The first-order valence-corrected chi connectivity index (χ1v) is 14.3. The molecule has 10 atom stereocenters. The molecule has 0 amide bonds. The summed E-state index contributed by atoms with van der Waals surface area (Å²) in [6, 6.07) is 20.3. The number of rotatable bonds is 8. The fourth-order valence-corrected chi connectivity index (χ4v) is 6.40. The summed E-state index contributed by atoms with van der Waals surface area (Å²) in [5, 5.41) is 19.9. The standard InChI is InChI=1S/C31H40O8/c32-16-30-22(33)13-26-29(39-30)15-28-23(36-26)11-12-24-27(38-28)14-25(35-18-21-9-5-2-6-10-21)31(37-24)19-34-17-20-7-3-1-4-8-20/h1-10,22-33H,11-19H2/t22-,23-,24+,25+,26+,27-,28+,29-,30+,31-/m0/s1. The second kappa shape index (κ2) is 12.7. The van der Waals surface area contributed by atoms with Crippen molar-refractivity contribution in [2.24, 2.45) is 0 Å². The SMILES string of the molecule is OC[C@H]1O[C@H]2C[C@H]3O[C@H]4C[C@@H](OCc5ccccc5)[C@H](COCc5ccccc5)O[C@@H]4CC[C@@H]3O[C@@H]2C[C@@H]1O. The Morgan fingerprint density at radius 3 is 1.92 bits per heavy atom. The molecule has 2 aromatic carbocycles. The van der Waals surface area contributed by atoms with Gasteiger partial charge in [0.1, 0.15) is 12.2 Å². The van der Waals surface area contributed by atoms with Crippen molar-refractivity contribution in [2.45, 2.75) is 106 Å². The van der Waals surface area contributed by atoms with Gasteiger partial charge in [-0.05, 0) is 24.0 Å². The molecular formula is C31H40O8. The zero-order valence-corrected chi connectivity index (χ0v) is 22.3. The smallest absolute Gasteiger partial charge is 0.108 e. The molecular weight excluding hydrogens is 500 g/mol. The molecule has 4 aliphatic rings. The number of aliphatic hydroxyl groups is 2. The highest BCUT2D eigenvalue weighted by Gasteiger charge is 2.50. The Morgan fingerprint density at radius 2 is 1.21 bits per heavy atom. The maximum Gasteiger partial charge on any atom is 0.108 e. The Balaban J connectivity index is 1.12. The molecule has 4 saturated heterocycles. The zero-order valence-electron chi connectivity index (χ0n) is 22.3. The summed E-state index contributed by atoms with van der Waals surface area (Å²) in [4.78, 5) is 0. The van der Waals surface area contributed by atoms with Crippen molar-refractivity contribution in [2.75, 3.05) is 13.2 Å². The van der Waals surface area contributed by atoms with Gasteiger partial charge in [0.05, 0.1) is 75.3 Å². The molecule has 0 unspecified atom stereocenters. The third-order valence-corrected chi connectivity index (χ3v) is 8.51. The first-order chi connectivity index (χ1) is 19.2. The maximum absolute atomic E-state index is 10.3. The largest absolute Gasteiger partial charge is 0.394 e. The maximum atomic E-state index is 10.3. The minimum absolute atomic E-state index is 0.0696. The lowest BCUT2D eigenvalue weighted by Crippen LogP contribution is -2.57. The molecule has 0 saturated carbocycles. The van der Waals surface area contributed by atoms with E-state index in [1.165, 1.54) is 0 Å². The minimum Gasteiger partial charge on any atom is -0.394 e. The van der Waals surface area contributed by atoms with E-state index in [0.717, 1.165) is 24.0 Å². The number of benzene rings is 2. The molecule has 4 fully saturated rings. The number of fused-ring (bicyclic) bond motifs is 3. The van der Waals surface area contributed by atoms with Gasteiger partial charge in [0.15, 0.2) is 0 Å². The van der Waals surface area contributed by atoms with Crippen LogP contribution in [0.3, 0.4) is 0 Å². The Hall–Kier alpha value is -1.88. The van der Waals surface area contributed by atoms with Crippen molar-refractivity contribution in [3.8, 4) is 0 Å². The normalized spacial score (nSPS) is 38.2. The van der Waals surface area contributed by atoms with Crippen LogP contribution in [-0.4, -0.2) is 84.5 Å². The van der Waals surface area contributed by atoms with E-state index in [-0.39, 0.29) is 55.4 Å². The second-order valence-corrected chi connectivity index (χ2v) is 11.2. The van der Waals surface area contributed by atoms with Crippen LogP contribution in [0.15, 0.2) is 60.7 Å². The van der Waals surface area contributed by atoms with Gasteiger partial charge in [-0.3, -0.25) is 0 Å². The first kappa shape index (κ1) is 27.3. The molecule has 4 heterocycles. The van der Waals surface area contributed by atoms with Gasteiger partial charge < -0.3 is 38.6 Å². The van der Waals surface area contributed by atoms with Gasteiger partial charge in [-0.25, -0.2) is 0 Å². The van der Waals surface area contributed by atoms with Gasteiger partial charge >= 0.3 is 0 Å². The van der Waals surface area contributed by atoms with Gasteiger partial charge in [-0.2, -0.15) is 0 Å². The van der Waals surface area contributed by atoms with E-state index in [9.17, 15) is 10.2 Å². The van der Waals surface area contributed by atoms with Gasteiger partial charge in [0.2, 0.25) is 0 Å². The van der Waals surface area contributed by atoms with Crippen molar-refractivity contribution in [1.29, 1.82) is 0 Å². The molecule has 6 rings (SSSR count). The van der Waals surface area contributed by atoms with Gasteiger partial charge in [-0.1, -0.05) is 60.7 Å². The average molecular weight is 541 g/mol. The molecule has 0 spiro atoms. The van der Waals surface area contributed by atoms with Crippen LogP contribution in [0.2, 0.25) is 0 Å². The lowest BCUT2D eigenvalue weighted by molar-refractivity contribution is -0.266. The third kappa shape index (κ3) is 6.55. The second-order valence-electron chi connectivity index (χ2n) is 11.2. The highest BCUT2D eigenvalue weighted by molar-refractivity contribution is 5.14. The number of ether oxygens (including phenoxy) is 6. The summed E-state index contributed by atoms with van der Waals surface area (Å²) < 4.78 is 38.3. The Morgan fingerprint density at radius 1 is 0.641 bits per heavy atom. The molecule has 0 aromatic heterocycles. The molecule has 8 nitrogen and oxygen atoms in total. The highest BCUT2D eigenvalue weighted by atomic mass is 16.6. The topological polar surface area (TPSA) is 95.8 Å². The quantitative estimate of drug-likeness (QED) is 0.527. The minimum atomic E-state index is -0.718. The predicted octanol–water partition coefficient (Wildman–Crippen LogP) is 3.16. The fourth-order valence-electron chi connectivity index (χ4n) is 6.40. The summed E-state index contributed by atoms with van der Waals surface area (Å²) in [6.45, 7) is 1.27. The molecule has 2 aromatic rings. The Kier molecular flexibility index (Phi) is 8.92. The molecule has 39 heavy (non-hydrogen) atoms. The van der Waals surface area contributed by atoms with Gasteiger partial charge in [-0.15, -0.1) is 0 Å². The van der Waals surface area contributed by atoms with Crippen LogP contribution in [-0.2, 0) is 41.6 Å². The molecule has 0 bridgehead atoms. The van der Waals surface area contributed by atoms with Crippen molar-refractivity contribution in [3.63, 3.8) is 0 Å². The van der Waals surface area contributed by atoms with Gasteiger partial charge in [0, 0.05) is 19.3 Å². The Bertz CT molecular complexity index is 1020. The monoisotopic (exact) mass is 540 g/mol. The summed E-state index contributed by atoms with van der Waals surface area (Å²) >= 11 is 0. The summed E-state index contributed by atoms with van der Waals surface area (Å²) in [5.74, 6) is 0. The molecule has 2 N–H and O–H groups in total. The van der Waals surface area contributed by atoms with Crippen LogP contribution < -0.4 is 0 Å². The van der Waals surface area contributed by atoms with E-state index in [1.807, 2.05) is 36.4 Å². The lowest BCUT2D eigenvalue weighted by atomic mass is 9.89. The number of hydrogen-bond donors (Lipinski definition) is 2. The van der Waals surface area contributed by atoms with Crippen molar-refractivity contribution < 1.29 is 38.6 Å². The average Bonchev–Trinajstić information content (AvgIpc) is 3.14. The summed E-state index contributed by atoms with van der Waals surface area (Å²) in [6.07, 6.45) is 1.09. The van der Waals surface area contributed by atoms with E-state index in [2.05, 4.69) is 24.3 Å². The van der Waals surface area contributed by atoms with E-state index < -0.39 is 12.2 Å². The van der Waals surface area contributed by atoms with Crippen molar-refractivity contribution in [1.82, 2.24) is 0 Å². The Labute approximate surface area is 230 Å². The first-order valence-electron chi connectivity index (χ1n) is 14.3. The predicted molar refractivity (Wildman–Crippen MR) is 142 cm³/mol. The highest BCUT2D eigenvalue weighted by Crippen LogP contribution is 2.40. The zero-order chi connectivity index (χ0) is 26.6. The summed E-state index contributed by atoms with van der Waals surface area (Å²) in [7, 11) is 0. The molecule has 0 radical (unpaired) electrons. The van der Waals surface area contributed by atoms with Crippen molar-refractivity contribution >= 4 is 0 Å². The molecule has 4 aliphatic heterocycles. The summed E-state index contributed by atoms with van der Waals surface area (Å²) in [5.41, 5.74) is 2.25. The van der Waals surface area contributed by atoms with E-state index in [1.54, 1.807) is 0 Å². The molecule has 0 aliphatic carbocycles. The van der Waals surface area contributed by atoms with Crippen LogP contribution >= 0.6 is 0 Å². The molecule has 8 heteroatoms. The fraction of sp³-hybridized carbons (Fsp3) is 0.613. The van der Waals surface area contributed by atoms with Crippen molar-refractivity contribution in [3.05, 3.63) is 71.8 Å². The van der Waals surface area contributed by atoms with Crippen LogP contribution in [0.1, 0.15) is 43.2 Å². The van der Waals surface area contributed by atoms with Gasteiger partial charge in [0.25, 0.3) is 0 Å². The van der Waals surface area contributed by atoms with Crippen LogP contribution in [0.5, 0.6) is 0 Å². The van der Waals surface area contributed by atoms with Crippen LogP contribution in [0.25, 0.3) is 0 Å². The van der Waals surface area contributed by atoms with E-state index >= 15 is 0 Å². The third-order valence-electron chi connectivity index (χ3n) is 8.51. The molecule has 212 valence electrons. The number of hydrogen-bond acceptors (Lipinski definition) is 8. The number of aliphatic hydroxyl groups excluding tert-OH is 2. The van der Waals surface area contributed by atoms with E-state index in [0.29, 0.717) is 39.1 Å².